The molecule has 76 valence electrons. The van der Waals surface area contributed by atoms with Crippen molar-refractivity contribution in [1.29, 1.82) is 0 Å². The topological polar surface area (TPSA) is 26.3 Å². The second-order valence-electron chi connectivity index (χ2n) is 3.34. The van der Waals surface area contributed by atoms with Gasteiger partial charge in [0.25, 0.3) is 0 Å². The van der Waals surface area contributed by atoms with Crippen LogP contribution in [-0.2, 0) is 4.79 Å². The van der Waals surface area contributed by atoms with E-state index < -0.39 is 5.60 Å². The first-order valence-electron chi connectivity index (χ1n) is 4.06. The summed E-state index contributed by atoms with van der Waals surface area (Å²) in [5.74, 6) is 0.618. The van der Waals surface area contributed by atoms with Crippen LogP contribution in [0.15, 0.2) is 24.3 Å². The second kappa shape index (κ2) is 4.32. The van der Waals surface area contributed by atoms with Crippen LogP contribution in [0.25, 0.3) is 0 Å². The second-order valence-corrected chi connectivity index (χ2v) is 4.50. The van der Waals surface area contributed by atoms with Gasteiger partial charge in [-0.05, 0) is 54.0 Å². The standard InChI is InChI=1S/C10H10BrClO2/c1-10(2,9(11)13)14-8-5-3-7(12)4-6-8/h3-6H,1-2H3. The van der Waals surface area contributed by atoms with E-state index in [2.05, 4.69) is 15.9 Å². The number of hydrogen-bond donors (Lipinski definition) is 0. The quantitative estimate of drug-likeness (QED) is 0.791. The van der Waals surface area contributed by atoms with Gasteiger partial charge in [-0.1, -0.05) is 11.6 Å². The van der Waals surface area contributed by atoms with Crippen LogP contribution >= 0.6 is 27.5 Å². The summed E-state index contributed by atoms with van der Waals surface area (Å²) in [6.45, 7) is 3.39. The van der Waals surface area contributed by atoms with Gasteiger partial charge in [-0.15, -0.1) is 0 Å². The minimum Gasteiger partial charge on any atom is -0.479 e. The van der Waals surface area contributed by atoms with Crippen molar-refractivity contribution in [3.63, 3.8) is 0 Å². The Labute approximate surface area is 96.3 Å². The number of halogens is 2. The zero-order chi connectivity index (χ0) is 10.8. The molecule has 14 heavy (non-hydrogen) atoms. The molecule has 0 aliphatic heterocycles. The fourth-order valence-electron chi connectivity index (χ4n) is 0.837. The largest absolute Gasteiger partial charge is 0.479 e. The molecule has 0 heterocycles. The monoisotopic (exact) mass is 276 g/mol. The third-order valence-corrected chi connectivity index (χ3v) is 2.87. The molecule has 1 aromatic carbocycles. The molecule has 1 rings (SSSR count). The summed E-state index contributed by atoms with van der Waals surface area (Å²) < 4.78 is 5.27. The average Bonchev–Trinajstić information content (AvgIpc) is 2.08. The maximum absolute atomic E-state index is 11.1. The van der Waals surface area contributed by atoms with Crippen LogP contribution in [0.2, 0.25) is 5.02 Å². The van der Waals surface area contributed by atoms with Crippen molar-refractivity contribution >= 4 is 32.2 Å². The van der Waals surface area contributed by atoms with E-state index in [0.29, 0.717) is 10.8 Å². The molecule has 4 heteroatoms. The van der Waals surface area contributed by atoms with E-state index in [4.69, 9.17) is 16.3 Å². The van der Waals surface area contributed by atoms with Crippen molar-refractivity contribution in [3.05, 3.63) is 29.3 Å². The van der Waals surface area contributed by atoms with E-state index in [-0.39, 0.29) is 4.69 Å². The Hall–Kier alpha value is -0.540. The van der Waals surface area contributed by atoms with Gasteiger partial charge in [0, 0.05) is 5.02 Å². The molecular formula is C10H10BrClO2. The minimum atomic E-state index is -0.867. The lowest BCUT2D eigenvalue weighted by Crippen LogP contribution is -2.34. The molecule has 0 aromatic heterocycles. The third kappa shape index (κ3) is 3.00. The lowest BCUT2D eigenvalue weighted by Gasteiger charge is -2.22. The van der Waals surface area contributed by atoms with Crippen molar-refractivity contribution in [2.45, 2.75) is 19.4 Å². The highest BCUT2D eigenvalue weighted by atomic mass is 79.9. The van der Waals surface area contributed by atoms with Crippen LogP contribution in [0, 0.1) is 0 Å². The Balaban J connectivity index is 2.79. The molecule has 0 aliphatic rings. The zero-order valence-electron chi connectivity index (χ0n) is 7.88. The Morgan fingerprint density at radius 2 is 1.86 bits per heavy atom. The first-order chi connectivity index (χ1) is 6.42. The van der Waals surface area contributed by atoms with E-state index >= 15 is 0 Å². The summed E-state index contributed by atoms with van der Waals surface area (Å²) in [4.78, 5) is 11.1. The fourth-order valence-corrected chi connectivity index (χ4v) is 1.04. The number of ether oxygens (including phenoxy) is 1. The molecular weight excluding hydrogens is 267 g/mol. The molecule has 0 atom stereocenters. The van der Waals surface area contributed by atoms with Crippen molar-refractivity contribution in [2.75, 3.05) is 0 Å². The summed E-state index contributed by atoms with van der Waals surface area (Å²) in [6, 6.07) is 6.87. The van der Waals surface area contributed by atoms with Gasteiger partial charge in [0.15, 0.2) is 5.60 Å². The predicted molar refractivity (Wildman–Crippen MR) is 60.1 cm³/mol. The molecule has 2 nitrogen and oxygen atoms in total. The number of carbonyl (C=O) groups is 1. The lowest BCUT2D eigenvalue weighted by atomic mass is 10.2. The molecule has 0 spiro atoms. The van der Waals surface area contributed by atoms with Gasteiger partial charge in [0.05, 0.1) is 0 Å². The molecule has 0 bridgehead atoms. The molecule has 0 amide bonds. The summed E-state index contributed by atoms with van der Waals surface area (Å²) in [5.41, 5.74) is -0.867. The van der Waals surface area contributed by atoms with Crippen LogP contribution in [0.5, 0.6) is 5.75 Å². The van der Waals surface area contributed by atoms with Gasteiger partial charge in [0.2, 0.25) is 4.69 Å². The van der Waals surface area contributed by atoms with E-state index in [1.54, 1.807) is 38.1 Å². The van der Waals surface area contributed by atoms with Crippen molar-refractivity contribution in [1.82, 2.24) is 0 Å². The summed E-state index contributed by atoms with van der Waals surface area (Å²) in [6.07, 6.45) is 0. The number of rotatable bonds is 3. The molecule has 0 fully saturated rings. The highest BCUT2D eigenvalue weighted by molar-refractivity contribution is 9.18. The molecule has 0 aliphatic carbocycles. The van der Waals surface area contributed by atoms with E-state index in [9.17, 15) is 4.79 Å². The number of carbonyl (C=O) groups excluding carboxylic acids is 1. The SMILES string of the molecule is CC(C)(Oc1ccc(Cl)cc1)C(=O)Br. The van der Waals surface area contributed by atoms with Crippen LogP contribution in [-0.4, -0.2) is 10.3 Å². The Bertz CT molecular complexity index is 332. The predicted octanol–water partition coefficient (Wildman–Crippen LogP) is 3.42. The maximum atomic E-state index is 11.1. The van der Waals surface area contributed by atoms with Gasteiger partial charge in [-0.25, -0.2) is 0 Å². The normalized spacial score (nSPS) is 11.1. The summed E-state index contributed by atoms with van der Waals surface area (Å²) in [7, 11) is 0. The van der Waals surface area contributed by atoms with Crippen molar-refractivity contribution < 1.29 is 9.53 Å². The van der Waals surface area contributed by atoms with Crippen molar-refractivity contribution in [2.24, 2.45) is 0 Å². The Morgan fingerprint density at radius 1 is 1.36 bits per heavy atom. The van der Waals surface area contributed by atoms with Crippen molar-refractivity contribution in [3.8, 4) is 5.75 Å². The van der Waals surface area contributed by atoms with Gasteiger partial charge >= 0.3 is 0 Å². The Kier molecular flexibility index (Phi) is 3.56. The highest BCUT2D eigenvalue weighted by Crippen LogP contribution is 2.22. The highest BCUT2D eigenvalue weighted by Gasteiger charge is 2.27. The minimum absolute atomic E-state index is 0.194. The number of hydrogen-bond acceptors (Lipinski definition) is 2. The Morgan fingerprint density at radius 3 is 2.29 bits per heavy atom. The van der Waals surface area contributed by atoms with Gasteiger partial charge in [-0.2, -0.15) is 0 Å². The summed E-state index contributed by atoms with van der Waals surface area (Å²) >= 11 is 8.59. The average molecular weight is 278 g/mol. The molecule has 0 unspecified atom stereocenters. The smallest absolute Gasteiger partial charge is 0.240 e. The van der Waals surface area contributed by atoms with Crippen LogP contribution < -0.4 is 4.74 Å². The van der Waals surface area contributed by atoms with Gasteiger partial charge < -0.3 is 4.74 Å². The van der Waals surface area contributed by atoms with Gasteiger partial charge in [-0.3, -0.25) is 4.79 Å². The zero-order valence-corrected chi connectivity index (χ0v) is 10.2. The molecule has 0 N–H and O–H groups in total. The first kappa shape index (κ1) is 11.5. The lowest BCUT2D eigenvalue weighted by molar-refractivity contribution is -0.121. The molecule has 0 saturated heterocycles. The summed E-state index contributed by atoms with van der Waals surface area (Å²) in [5, 5.41) is 0.639. The van der Waals surface area contributed by atoms with Gasteiger partial charge in [0.1, 0.15) is 5.75 Å². The third-order valence-electron chi connectivity index (χ3n) is 1.66. The fraction of sp³-hybridized carbons (Fsp3) is 0.300. The van der Waals surface area contributed by atoms with Crippen LogP contribution in [0.3, 0.4) is 0 Å². The molecule has 1 aromatic rings. The van der Waals surface area contributed by atoms with Crippen LogP contribution in [0.4, 0.5) is 0 Å². The molecule has 0 saturated carbocycles. The maximum Gasteiger partial charge on any atom is 0.240 e. The van der Waals surface area contributed by atoms with Crippen LogP contribution in [0.1, 0.15) is 13.8 Å². The van der Waals surface area contributed by atoms with E-state index in [0.717, 1.165) is 0 Å². The molecule has 0 radical (unpaired) electrons. The van der Waals surface area contributed by atoms with E-state index in [1.165, 1.54) is 0 Å². The first-order valence-corrected chi connectivity index (χ1v) is 5.23. The van der Waals surface area contributed by atoms with E-state index in [1.807, 2.05) is 0 Å². The number of benzene rings is 1.